The van der Waals surface area contributed by atoms with Crippen molar-refractivity contribution in [1.29, 1.82) is 0 Å². The maximum Gasteiger partial charge on any atom is 0.0931 e. The fraction of sp³-hybridized carbons (Fsp3) is 0.636. The van der Waals surface area contributed by atoms with Gasteiger partial charge in [-0.25, -0.2) is 0 Å². The first-order chi connectivity index (χ1) is 6.75. The van der Waals surface area contributed by atoms with E-state index in [9.17, 15) is 0 Å². The van der Waals surface area contributed by atoms with Gasteiger partial charge in [-0.05, 0) is 37.3 Å². The largest absolute Gasteiger partial charge is 0.327 e. The summed E-state index contributed by atoms with van der Waals surface area (Å²) in [5, 5.41) is 0. The van der Waals surface area contributed by atoms with Crippen molar-refractivity contribution in [3.8, 4) is 0 Å². The third-order valence-corrected chi connectivity index (χ3v) is 4.31. The average molecular weight is 230 g/mol. The van der Waals surface area contributed by atoms with Crippen LogP contribution in [0.3, 0.4) is 0 Å². The van der Waals surface area contributed by atoms with E-state index in [1.165, 1.54) is 30.6 Å². The van der Waals surface area contributed by atoms with Gasteiger partial charge in [0.15, 0.2) is 0 Å². The molecule has 1 aliphatic carbocycles. The molecule has 14 heavy (non-hydrogen) atoms. The molecule has 2 rings (SSSR count). The normalized spacial score (nSPS) is 27.9. The summed E-state index contributed by atoms with van der Waals surface area (Å²) in [5.74, 6) is 0.679. The van der Waals surface area contributed by atoms with Crippen LogP contribution in [0.15, 0.2) is 12.1 Å². The lowest BCUT2D eigenvalue weighted by atomic mass is 9.83. The van der Waals surface area contributed by atoms with Gasteiger partial charge in [0.2, 0.25) is 0 Å². The van der Waals surface area contributed by atoms with Crippen molar-refractivity contribution in [3.63, 3.8) is 0 Å². The van der Waals surface area contributed by atoms with Crippen molar-refractivity contribution < 1.29 is 0 Å². The Morgan fingerprint density at radius 2 is 2.14 bits per heavy atom. The van der Waals surface area contributed by atoms with Gasteiger partial charge in [0.1, 0.15) is 0 Å². The van der Waals surface area contributed by atoms with E-state index >= 15 is 0 Å². The molecular weight excluding hydrogens is 214 g/mol. The molecule has 1 fully saturated rings. The van der Waals surface area contributed by atoms with Gasteiger partial charge in [0, 0.05) is 10.9 Å². The van der Waals surface area contributed by atoms with Crippen LogP contribution in [0.4, 0.5) is 0 Å². The summed E-state index contributed by atoms with van der Waals surface area (Å²) >= 11 is 7.60. The molecule has 0 radical (unpaired) electrons. The molecule has 3 heteroatoms. The molecule has 0 saturated heterocycles. The molecule has 2 atom stereocenters. The number of hydrogen-bond donors (Lipinski definition) is 1. The molecule has 0 aliphatic heterocycles. The van der Waals surface area contributed by atoms with Gasteiger partial charge < -0.3 is 5.73 Å². The summed E-state index contributed by atoms with van der Waals surface area (Å²) in [4.78, 5) is 1.39. The van der Waals surface area contributed by atoms with Crippen LogP contribution in [0, 0.1) is 5.92 Å². The van der Waals surface area contributed by atoms with Gasteiger partial charge in [-0.2, -0.15) is 0 Å². The van der Waals surface area contributed by atoms with Crippen molar-refractivity contribution >= 4 is 22.9 Å². The SMILES string of the molecule is NC1CCCCC1Cc1ccc(Cl)s1. The molecule has 1 aliphatic rings. The van der Waals surface area contributed by atoms with E-state index in [2.05, 4.69) is 6.07 Å². The average Bonchev–Trinajstić information content (AvgIpc) is 2.56. The minimum absolute atomic E-state index is 0.407. The van der Waals surface area contributed by atoms with Crippen LogP contribution in [-0.2, 0) is 6.42 Å². The number of thiophene rings is 1. The van der Waals surface area contributed by atoms with Gasteiger partial charge in [-0.15, -0.1) is 11.3 Å². The lowest BCUT2D eigenvalue weighted by molar-refractivity contribution is 0.308. The van der Waals surface area contributed by atoms with Crippen molar-refractivity contribution in [2.24, 2.45) is 11.7 Å². The molecule has 1 aromatic rings. The summed E-state index contributed by atoms with van der Waals surface area (Å²) < 4.78 is 0.893. The molecule has 0 amide bonds. The minimum atomic E-state index is 0.407. The van der Waals surface area contributed by atoms with E-state index < -0.39 is 0 Å². The highest BCUT2D eigenvalue weighted by Crippen LogP contribution is 2.30. The van der Waals surface area contributed by atoms with Gasteiger partial charge in [0.25, 0.3) is 0 Å². The van der Waals surface area contributed by atoms with Crippen LogP contribution < -0.4 is 5.73 Å². The summed E-state index contributed by atoms with van der Waals surface area (Å²) in [6.45, 7) is 0. The first-order valence-corrected chi connectivity index (χ1v) is 6.45. The highest BCUT2D eigenvalue weighted by molar-refractivity contribution is 7.16. The molecule has 2 N–H and O–H groups in total. The Morgan fingerprint density at radius 3 is 2.79 bits per heavy atom. The minimum Gasteiger partial charge on any atom is -0.327 e. The van der Waals surface area contributed by atoms with Gasteiger partial charge >= 0.3 is 0 Å². The molecule has 1 heterocycles. The Bertz CT molecular complexity index is 297. The van der Waals surface area contributed by atoms with Crippen LogP contribution in [0.2, 0.25) is 4.34 Å². The maximum absolute atomic E-state index is 6.11. The Labute approximate surface area is 94.3 Å². The van der Waals surface area contributed by atoms with Crippen LogP contribution >= 0.6 is 22.9 Å². The molecule has 78 valence electrons. The maximum atomic E-state index is 6.11. The molecule has 0 bridgehead atoms. The van der Waals surface area contributed by atoms with Crippen molar-refractivity contribution in [3.05, 3.63) is 21.3 Å². The Kier molecular flexibility index (Phi) is 3.47. The van der Waals surface area contributed by atoms with Crippen LogP contribution in [-0.4, -0.2) is 6.04 Å². The zero-order valence-corrected chi connectivity index (χ0v) is 9.78. The number of hydrogen-bond acceptors (Lipinski definition) is 2. The molecule has 0 spiro atoms. The summed E-state index contributed by atoms with van der Waals surface area (Å²) in [6, 6.07) is 4.52. The monoisotopic (exact) mass is 229 g/mol. The van der Waals surface area contributed by atoms with Gasteiger partial charge in [-0.3, -0.25) is 0 Å². The third kappa shape index (κ3) is 2.50. The lowest BCUT2D eigenvalue weighted by Gasteiger charge is -2.28. The van der Waals surface area contributed by atoms with Crippen molar-refractivity contribution in [2.45, 2.75) is 38.1 Å². The molecule has 1 nitrogen and oxygen atoms in total. The Balaban J connectivity index is 1.95. The quantitative estimate of drug-likeness (QED) is 0.826. The summed E-state index contributed by atoms with van der Waals surface area (Å²) in [5.41, 5.74) is 6.11. The van der Waals surface area contributed by atoms with Crippen molar-refractivity contribution in [2.75, 3.05) is 0 Å². The number of halogens is 1. The summed E-state index contributed by atoms with van der Waals surface area (Å²) in [7, 11) is 0. The number of nitrogens with two attached hydrogens (primary N) is 1. The molecule has 1 saturated carbocycles. The molecule has 1 aromatic heterocycles. The number of rotatable bonds is 2. The topological polar surface area (TPSA) is 26.0 Å². The molecule has 0 aromatic carbocycles. The highest BCUT2D eigenvalue weighted by atomic mass is 35.5. The van der Waals surface area contributed by atoms with E-state index in [0.717, 1.165) is 10.8 Å². The van der Waals surface area contributed by atoms with E-state index in [1.54, 1.807) is 11.3 Å². The second kappa shape index (κ2) is 4.65. The lowest BCUT2D eigenvalue weighted by Crippen LogP contribution is -2.34. The fourth-order valence-electron chi connectivity index (χ4n) is 2.21. The fourth-order valence-corrected chi connectivity index (χ4v) is 3.39. The molecule has 2 unspecified atom stereocenters. The third-order valence-electron chi connectivity index (χ3n) is 3.06. The first-order valence-electron chi connectivity index (χ1n) is 5.25. The van der Waals surface area contributed by atoms with E-state index in [1.807, 2.05) is 6.07 Å². The Morgan fingerprint density at radius 1 is 1.36 bits per heavy atom. The first kappa shape index (κ1) is 10.5. The second-order valence-corrected chi connectivity index (χ2v) is 5.92. The highest BCUT2D eigenvalue weighted by Gasteiger charge is 2.22. The van der Waals surface area contributed by atoms with Crippen molar-refractivity contribution in [1.82, 2.24) is 0 Å². The predicted molar refractivity (Wildman–Crippen MR) is 63.0 cm³/mol. The smallest absolute Gasteiger partial charge is 0.0931 e. The zero-order chi connectivity index (χ0) is 9.97. The Hall–Kier alpha value is -0.0500. The second-order valence-electron chi connectivity index (χ2n) is 4.12. The van der Waals surface area contributed by atoms with Gasteiger partial charge in [-0.1, -0.05) is 24.4 Å². The van der Waals surface area contributed by atoms with Gasteiger partial charge in [0.05, 0.1) is 4.34 Å². The van der Waals surface area contributed by atoms with Crippen LogP contribution in [0.25, 0.3) is 0 Å². The standard InChI is InChI=1S/C11H16ClNS/c12-11-6-5-9(14-11)7-8-3-1-2-4-10(8)13/h5-6,8,10H,1-4,7,13H2. The van der Waals surface area contributed by atoms with E-state index in [4.69, 9.17) is 17.3 Å². The van der Waals surface area contributed by atoms with E-state index in [-0.39, 0.29) is 0 Å². The van der Waals surface area contributed by atoms with Crippen LogP contribution in [0.5, 0.6) is 0 Å². The predicted octanol–water partition coefficient (Wildman–Crippen LogP) is 3.46. The zero-order valence-electron chi connectivity index (χ0n) is 8.21. The van der Waals surface area contributed by atoms with E-state index in [0.29, 0.717) is 12.0 Å². The van der Waals surface area contributed by atoms with Crippen LogP contribution in [0.1, 0.15) is 30.6 Å². The summed E-state index contributed by atoms with van der Waals surface area (Å²) in [6.07, 6.45) is 6.26. The molecular formula is C11H16ClNS.